The first-order chi connectivity index (χ1) is 6.86. The van der Waals surface area contributed by atoms with Gasteiger partial charge in [0.15, 0.2) is 11.4 Å². The van der Waals surface area contributed by atoms with Crippen molar-refractivity contribution in [2.75, 3.05) is 7.11 Å². The van der Waals surface area contributed by atoms with Crippen molar-refractivity contribution in [3.05, 3.63) is 17.7 Å². The number of hydrogen-bond donors (Lipinski definition) is 1. The standard InChI is InChI=1S/C10H14N2O3/c1-10(2,3)9-11-5-6(13)7(12-9)8(14)15-4/h5,13H,1-4H3. The Balaban J connectivity index is 3.23. The number of carbonyl (C=O) groups excluding carboxylic acids is 1. The van der Waals surface area contributed by atoms with Crippen LogP contribution in [0.15, 0.2) is 6.20 Å². The summed E-state index contributed by atoms with van der Waals surface area (Å²) in [7, 11) is 1.24. The molecule has 1 N–H and O–H groups in total. The lowest BCUT2D eigenvalue weighted by Crippen LogP contribution is -2.18. The van der Waals surface area contributed by atoms with Crippen molar-refractivity contribution >= 4 is 5.97 Å². The Labute approximate surface area is 88.1 Å². The summed E-state index contributed by atoms with van der Waals surface area (Å²) in [6.45, 7) is 5.75. The summed E-state index contributed by atoms with van der Waals surface area (Å²) in [5.74, 6) is -0.448. The van der Waals surface area contributed by atoms with E-state index in [0.717, 1.165) is 0 Å². The van der Waals surface area contributed by atoms with Gasteiger partial charge in [-0.05, 0) is 0 Å². The number of ether oxygens (including phenoxy) is 1. The van der Waals surface area contributed by atoms with Crippen LogP contribution in [0.4, 0.5) is 0 Å². The molecule has 0 radical (unpaired) electrons. The summed E-state index contributed by atoms with van der Waals surface area (Å²) < 4.78 is 4.50. The molecule has 5 heteroatoms. The Morgan fingerprint density at radius 2 is 2.07 bits per heavy atom. The number of nitrogens with zero attached hydrogens (tertiary/aromatic N) is 2. The van der Waals surface area contributed by atoms with Gasteiger partial charge in [0.25, 0.3) is 0 Å². The van der Waals surface area contributed by atoms with E-state index in [2.05, 4.69) is 14.7 Å². The quantitative estimate of drug-likeness (QED) is 0.706. The number of methoxy groups -OCH3 is 1. The molecule has 0 fully saturated rings. The fourth-order valence-corrected chi connectivity index (χ4v) is 0.984. The first-order valence-electron chi connectivity index (χ1n) is 4.51. The number of aromatic hydroxyl groups is 1. The smallest absolute Gasteiger partial charge is 0.360 e. The molecule has 1 rings (SSSR count). The minimum absolute atomic E-state index is 0.0996. The van der Waals surface area contributed by atoms with E-state index in [1.54, 1.807) is 0 Å². The van der Waals surface area contributed by atoms with Crippen LogP contribution in [0.25, 0.3) is 0 Å². The summed E-state index contributed by atoms with van der Waals surface area (Å²) in [5, 5.41) is 9.38. The maximum absolute atomic E-state index is 11.2. The molecule has 0 bridgehead atoms. The van der Waals surface area contributed by atoms with E-state index in [1.165, 1.54) is 13.3 Å². The van der Waals surface area contributed by atoms with Gasteiger partial charge in [-0.25, -0.2) is 14.8 Å². The van der Waals surface area contributed by atoms with Gasteiger partial charge in [0.05, 0.1) is 13.3 Å². The second kappa shape index (κ2) is 3.84. The van der Waals surface area contributed by atoms with Crippen LogP contribution < -0.4 is 0 Å². The predicted octanol–water partition coefficient (Wildman–Crippen LogP) is 1.27. The second-order valence-electron chi connectivity index (χ2n) is 4.17. The molecule has 15 heavy (non-hydrogen) atoms. The van der Waals surface area contributed by atoms with Gasteiger partial charge in [-0.3, -0.25) is 0 Å². The molecule has 0 aromatic carbocycles. The highest BCUT2D eigenvalue weighted by atomic mass is 16.5. The van der Waals surface area contributed by atoms with Crippen LogP contribution in [0.1, 0.15) is 37.1 Å². The summed E-state index contributed by atoms with van der Waals surface area (Å²) in [6, 6.07) is 0. The van der Waals surface area contributed by atoms with Crippen molar-refractivity contribution in [3.8, 4) is 5.75 Å². The molecule has 1 aromatic heterocycles. The van der Waals surface area contributed by atoms with Gasteiger partial charge in [0.1, 0.15) is 5.82 Å². The molecular weight excluding hydrogens is 196 g/mol. The normalized spacial score (nSPS) is 11.2. The molecule has 5 nitrogen and oxygen atoms in total. The molecule has 82 valence electrons. The van der Waals surface area contributed by atoms with E-state index in [-0.39, 0.29) is 16.9 Å². The lowest BCUT2D eigenvalue weighted by atomic mass is 9.95. The van der Waals surface area contributed by atoms with Crippen LogP contribution in [0, 0.1) is 0 Å². The SMILES string of the molecule is COC(=O)c1nc(C(C)(C)C)ncc1O. The third-order valence-electron chi connectivity index (χ3n) is 1.82. The van der Waals surface area contributed by atoms with Gasteiger partial charge in [-0.1, -0.05) is 20.8 Å². The Hall–Kier alpha value is -1.65. The van der Waals surface area contributed by atoms with Crippen LogP contribution in [0.2, 0.25) is 0 Å². The zero-order valence-corrected chi connectivity index (χ0v) is 9.24. The van der Waals surface area contributed by atoms with Gasteiger partial charge < -0.3 is 9.84 Å². The van der Waals surface area contributed by atoms with Crippen LogP contribution in [-0.2, 0) is 10.2 Å². The summed E-state index contributed by atoms with van der Waals surface area (Å²) in [6.07, 6.45) is 1.21. The van der Waals surface area contributed by atoms with E-state index < -0.39 is 5.97 Å². The van der Waals surface area contributed by atoms with Gasteiger partial charge in [0.2, 0.25) is 0 Å². The van der Waals surface area contributed by atoms with Crippen LogP contribution in [0.5, 0.6) is 5.75 Å². The molecule has 0 spiro atoms. The first kappa shape index (κ1) is 11.4. The molecule has 1 heterocycles. The molecule has 0 saturated heterocycles. The van der Waals surface area contributed by atoms with Crippen LogP contribution >= 0.6 is 0 Å². The molecule has 0 amide bonds. The number of rotatable bonds is 1. The minimum atomic E-state index is -0.666. The maximum Gasteiger partial charge on any atom is 0.360 e. The number of carbonyl (C=O) groups is 1. The highest BCUT2D eigenvalue weighted by molar-refractivity contribution is 5.89. The van der Waals surface area contributed by atoms with Gasteiger partial charge >= 0.3 is 5.97 Å². The molecule has 0 saturated carbocycles. The largest absolute Gasteiger partial charge is 0.504 e. The van der Waals surface area contributed by atoms with Gasteiger partial charge in [0, 0.05) is 5.41 Å². The molecule has 0 atom stereocenters. The van der Waals surface area contributed by atoms with Crippen LogP contribution in [-0.4, -0.2) is 28.2 Å². The third-order valence-corrected chi connectivity index (χ3v) is 1.82. The third kappa shape index (κ3) is 2.43. The van der Waals surface area contributed by atoms with Crippen molar-refractivity contribution in [1.29, 1.82) is 0 Å². The molecule has 0 aliphatic carbocycles. The van der Waals surface area contributed by atoms with E-state index in [4.69, 9.17) is 0 Å². The number of hydrogen-bond acceptors (Lipinski definition) is 5. The Kier molecular flexibility index (Phi) is 2.93. The van der Waals surface area contributed by atoms with Gasteiger partial charge in [-0.2, -0.15) is 0 Å². The predicted molar refractivity (Wildman–Crippen MR) is 53.7 cm³/mol. The fourth-order valence-electron chi connectivity index (χ4n) is 0.984. The molecule has 0 unspecified atom stereocenters. The molecule has 0 aliphatic rings. The van der Waals surface area contributed by atoms with E-state index >= 15 is 0 Å². The zero-order valence-electron chi connectivity index (χ0n) is 9.24. The fraction of sp³-hybridized carbons (Fsp3) is 0.500. The lowest BCUT2D eigenvalue weighted by Gasteiger charge is -2.16. The van der Waals surface area contributed by atoms with Gasteiger partial charge in [-0.15, -0.1) is 0 Å². The lowest BCUT2D eigenvalue weighted by molar-refractivity contribution is 0.0589. The topological polar surface area (TPSA) is 72.3 Å². The average Bonchev–Trinajstić information content (AvgIpc) is 2.15. The zero-order chi connectivity index (χ0) is 11.6. The highest BCUT2D eigenvalue weighted by Crippen LogP contribution is 2.21. The van der Waals surface area contributed by atoms with Crippen molar-refractivity contribution in [3.63, 3.8) is 0 Å². The van der Waals surface area contributed by atoms with E-state index in [1.807, 2.05) is 20.8 Å². The Morgan fingerprint density at radius 1 is 1.47 bits per heavy atom. The summed E-state index contributed by atoms with van der Waals surface area (Å²) >= 11 is 0. The van der Waals surface area contributed by atoms with E-state index in [0.29, 0.717) is 5.82 Å². The van der Waals surface area contributed by atoms with Crippen molar-refractivity contribution < 1.29 is 14.6 Å². The Morgan fingerprint density at radius 3 is 2.53 bits per heavy atom. The van der Waals surface area contributed by atoms with E-state index in [9.17, 15) is 9.90 Å². The second-order valence-corrected chi connectivity index (χ2v) is 4.17. The molecular formula is C10H14N2O3. The van der Waals surface area contributed by atoms with Crippen molar-refractivity contribution in [1.82, 2.24) is 9.97 Å². The summed E-state index contributed by atoms with van der Waals surface area (Å²) in [5.41, 5.74) is -0.381. The summed E-state index contributed by atoms with van der Waals surface area (Å²) in [4.78, 5) is 19.2. The number of esters is 1. The monoisotopic (exact) mass is 210 g/mol. The average molecular weight is 210 g/mol. The minimum Gasteiger partial charge on any atom is -0.504 e. The van der Waals surface area contributed by atoms with Crippen LogP contribution in [0.3, 0.4) is 0 Å². The molecule has 1 aromatic rings. The molecule has 0 aliphatic heterocycles. The van der Waals surface area contributed by atoms with Crippen molar-refractivity contribution in [2.24, 2.45) is 0 Å². The maximum atomic E-state index is 11.2. The highest BCUT2D eigenvalue weighted by Gasteiger charge is 2.22. The first-order valence-corrected chi connectivity index (χ1v) is 4.51. The van der Waals surface area contributed by atoms with Crippen molar-refractivity contribution in [2.45, 2.75) is 26.2 Å². The Bertz CT molecular complexity index is 383. The number of aromatic nitrogens is 2.